The molecule has 1 aliphatic rings. The molecule has 2 aromatic rings. The Bertz CT molecular complexity index is 793. The predicted molar refractivity (Wildman–Crippen MR) is 90.1 cm³/mol. The van der Waals surface area contributed by atoms with Crippen molar-refractivity contribution in [3.8, 4) is 5.69 Å². The molecular formula is C17H18N4O3. The number of aromatic nitrogens is 2. The lowest BCUT2D eigenvalue weighted by atomic mass is 9.94. The third-order valence-corrected chi connectivity index (χ3v) is 4.03. The first-order valence-corrected chi connectivity index (χ1v) is 7.82. The van der Waals surface area contributed by atoms with E-state index in [0.29, 0.717) is 11.5 Å². The molecule has 1 N–H and O–H groups in total. The van der Waals surface area contributed by atoms with Crippen LogP contribution in [0.5, 0.6) is 0 Å². The number of carbonyl (C=O) groups is 1. The van der Waals surface area contributed by atoms with Crippen molar-refractivity contribution >= 4 is 17.4 Å². The number of allylic oxidation sites excluding steroid dienone is 2. The van der Waals surface area contributed by atoms with Crippen LogP contribution in [0.15, 0.2) is 42.5 Å². The van der Waals surface area contributed by atoms with Crippen LogP contribution < -0.4 is 5.32 Å². The first-order chi connectivity index (χ1) is 11.5. The van der Waals surface area contributed by atoms with E-state index in [1.807, 2.05) is 13.0 Å². The van der Waals surface area contributed by atoms with Gasteiger partial charge in [-0.25, -0.2) is 4.68 Å². The number of rotatable bonds is 4. The third kappa shape index (κ3) is 3.34. The van der Waals surface area contributed by atoms with Crippen LogP contribution in [0.2, 0.25) is 0 Å². The van der Waals surface area contributed by atoms with Crippen LogP contribution in [0.4, 0.5) is 11.5 Å². The Morgan fingerprint density at radius 1 is 1.33 bits per heavy atom. The monoisotopic (exact) mass is 326 g/mol. The number of benzene rings is 1. The highest BCUT2D eigenvalue weighted by Gasteiger charge is 2.20. The summed E-state index contributed by atoms with van der Waals surface area (Å²) in [6, 6.07) is 7.86. The largest absolute Gasteiger partial charge is 0.310 e. The highest BCUT2D eigenvalue weighted by Crippen LogP contribution is 2.23. The van der Waals surface area contributed by atoms with Gasteiger partial charge in [-0.2, -0.15) is 5.10 Å². The number of nitrogens with one attached hydrogen (secondary N) is 1. The summed E-state index contributed by atoms with van der Waals surface area (Å²) in [6.45, 7) is 1.83. The molecule has 3 rings (SSSR count). The standard InChI is InChI=1S/C17H18N4O3/c1-12-11-16(18-17(22)13-5-3-2-4-6-13)20(19-12)14-7-9-15(10-8-14)21(23)24/h2-3,7-11,13H,4-6H2,1H3,(H,18,22). The maximum Gasteiger partial charge on any atom is 0.269 e. The fourth-order valence-electron chi connectivity index (χ4n) is 2.76. The Labute approximate surface area is 139 Å². The molecule has 24 heavy (non-hydrogen) atoms. The molecule has 124 valence electrons. The van der Waals surface area contributed by atoms with Crippen LogP contribution in [0.3, 0.4) is 0 Å². The number of nitro benzene ring substituents is 1. The van der Waals surface area contributed by atoms with E-state index < -0.39 is 4.92 Å². The number of carbonyl (C=O) groups excluding carboxylic acids is 1. The Morgan fingerprint density at radius 3 is 2.71 bits per heavy atom. The minimum absolute atomic E-state index is 0.0159. The van der Waals surface area contributed by atoms with Gasteiger partial charge in [0.2, 0.25) is 5.91 Å². The number of nitro groups is 1. The molecule has 7 nitrogen and oxygen atoms in total. The van der Waals surface area contributed by atoms with Gasteiger partial charge in [0.25, 0.3) is 5.69 Å². The van der Waals surface area contributed by atoms with Gasteiger partial charge in [-0.1, -0.05) is 12.2 Å². The molecule has 0 aliphatic heterocycles. The van der Waals surface area contributed by atoms with Gasteiger partial charge < -0.3 is 5.32 Å². The molecule has 0 fully saturated rings. The first kappa shape index (κ1) is 15.9. The Morgan fingerprint density at radius 2 is 2.08 bits per heavy atom. The number of nitrogens with zero attached hydrogens (tertiary/aromatic N) is 3. The van der Waals surface area contributed by atoms with Gasteiger partial charge in [-0.3, -0.25) is 14.9 Å². The number of non-ortho nitro benzene ring substituents is 1. The second-order valence-corrected chi connectivity index (χ2v) is 5.83. The lowest BCUT2D eigenvalue weighted by Gasteiger charge is -2.17. The van der Waals surface area contributed by atoms with Gasteiger partial charge in [-0.05, 0) is 38.3 Å². The van der Waals surface area contributed by atoms with Gasteiger partial charge in [-0.15, -0.1) is 0 Å². The summed E-state index contributed by atoms with van der Waals surface area (Å²) >= 11 is 0. The normalized spacial score (nSPS) is 16.8. The van der Waals surface area contributed by atoms with Crippen LogP contribution in [0.25, 0.3) is 5.69 Å². The van der Waals surface area contributed by atoms with E-state index >= 15 is 0 Å². The first-order valence-electron chi connectivity index (χ1n) is 7.82. The van der Waals surface area contributed by atoms with Crippen molar-refractivity contribution in [2.24, 2.45) is 5.92 Å². The zero-order valence-electron chi connectivity index (χ0n) is 13.3. The summed E-state index contributed by atoms with van der Waals surface area (Å²) in [6.07, 6.45) is 6.63. The fraction of sp³-hybridized carbons (Fsp3) is 0.294. The molecule has 1 amide bonds. The quantitative estimate of drug-likeness (QED) is 0.530. The summed E-state index contributed by atoms with van der Waals surface area (Å²) in [5, 5.41) is 18.1. The van der Waals surface area contributed by atoms with Crippen LogP contribution in [-0.2, 0) is 4.79 Å². The SMILES string of the molecule is Cc1cc(NC(=O)C2CC=CCC2)n(-c2ccc([N+](=O)[O-])cc2)n1. The molecule has 0 spiro atoms. The summed E-state index contributed by atoms with van der Waals surface area (Å²) in [5.41, 5.74) is 1.43. The lowest BCUT2D eigenvalue weighted by molar-refractivity contribution is -0.384. The Kier molecular flexibility index (Phi) is 4.41. The summed E-state index contributed by atoms with van der Waals surface area (Å²) in [7, 11) is 0. The second kappa shape index (κ2) is 6.66. The van der Waals surface area contributed by atoms with E-state index in [4.69, 9.17) is 0 Å². The number of hydrogen-bond acceptors (Lipinski definition) is 4. The van der Waals surface area contributed by atoms with Crippen LogP contribution in [0.1, 0.15) is 25.0 Å². The van der Waals surface area contributed by atoms with E-state index in [9.17, 15) is 14.9 Å². The van der Waals surface area contributed by atoms with E-state index in [-0.39, 0.29) is 17.5 Å². The molecule has 1 unspecified atom stereocenters. The van der Waals surface area contributed by atoms with Gasteiger partial charge >= 0.3 is 0 Å². The van der Waals surface area contributed by atoms with Gasteiger partial charge in [0.05, 0.1) is 16.3 Å². The van der Waals surface area contributed by atoms with Crippen molar-refractivity contribution in [1.82, 2.24) is 9.78 Å². The maximum atomic E-state index is 12.4. The van der Waals surface area contributed by atoms with Gasteiger partial charge in [0.15, 0.2) is 0 Å². The zero-order valence-corrected chi connectivity index (χ0v) is 13.3. The van der Waals surface area contributed by atoms with Crippen molar-refractivity contribution in [3.05, 3.63) is 58.3 Å². The predicted octanol–water partition coefficient (Wildman–Crippen LogP) is 3.38. The maximum absolute atomic E-state index is 12.4. The van der Waals surface area contributed by atoms with Crippen molar-refractivity contribution in [1.29, 1.82) is 0 Å². The molecule has 1 atom stereocenters. The van der Waals surface area contributed by atoms with Crippen LogP contribution in [0, 0.1) is 23.0 Å². The van der Waals surface area contributed by atoms with Crippen molar-refractivity contribution in [2.45, 2.75) is 26.2 Å². The van der Waals surface area contributed by atoms with E-state index in [2.05, 4.69) is 16.5 Å². The topological polar surface area (TPSA) is 90.1 Å². The van der Waals surface area contributed by atoms with Crippen molar-refractivity contribution < 1.29 is 9.72 Å². The molecule has 1 aromatic carbocycles. The van der Waals surface area contributed by atoms with Gasteiger partial charge in [0.1, 0.15) is 5.82 Å². The molecule has 1 heterocycles. The van der Waals surface area contributed by atoms with Crippen molar-refractivity contribution in [3.63, 3.8) is 0 Å². The van der Waals surface area contributed by atoms with Crippen LogP contribution >= 0.6 is 0 Å². The third-order valence-electron chi connectivity index (χ3n) is 4.03. The van der Waals surface area contributed by atoms with E-state index in [0.717, 1.165) is 25.0 Å². The molecule has 0 saturated carbocycles. The minimum atomic E-state index is -0.447. The summed E-state index contributed by atoms with van der Waals surface area (Å²) in [4.78, 5) is 22.7. The number of hydrogen-bond donors (Lipinski definition) is 1. The van der Waals surface area contributed by atoms with Crippen LogP contribution in [-0.4, -0.2) is 20.6 Å². The molecule has 1 aromatic heterocycles. The molecule has 0 radical (unpaired) electrons. The minimum Gasteiger partial charge on any atom is -0.310 e. The van der Waals surface area contributed by atoms with E-state index in [1.54, 1.807) is 22.9 Å². The molecule has 0 bridgehead atoms. The molecular weight excluding hydrogens is 308 g/mol. The fourth-order valence-corrected chi connectivity index (χ4v) is 2.76. The highest BCUT2D eigenvalue weighted by atomic mass is 16.6. The lowest BCUT2D eigenvalue weighted by Crippen LogP contribution is -2.24. The average Bonchev–Trinajstić information content (AvgIpc) is 2.96. The highest BCUT2D eigenvalue weighted by molar-refractivity contribution is 5.92. The second-order valence-electron chi connectivity index (χ2n) is 5.83. The molecule has 7 heteroatoms. The number of aryl methyl sites for hydroxylation is 1. The summed E-state index contributed by atoms with van der Waals surface area (Å²) < 4.78 is 1.59. The summed E-state index contributed by atoms with van der Waals surface area (Å²) in [5.74, 6) is 0.513. The zero-order chi connectivity index (χ0) is 17.1. The Hall–Kier alpha value is -2.96. The molecule has 1 aliphatic carbocycles. The number of amides is 1. The Balaban J connectivity index is 1.83. The molecule has 0 saturated heterocycles. The van der Waals surface area contributed by atoms with E-state index in [1.165, 1.54) is 12.1 Å². The number of anilines is 1. The smallest absolute Gasteiger partial charge is 0.269 e. The van der Waals surface area contributed by atoms with Gasteiger partial charge in [0, 0.05) is 24.1 Å². The average molecular weight is 326 g/mol. The van der Waals surface area contributed by atoms with Crippen molar-refractivity contribution in [2.75, 3.05) is 5.32 Å².